The molecule has 0 saturated carbocycles. The first-order valence-electron chi connectivity index (χ1n) is 8.85. The fourth-order valence-corrected chi connectivity index (χ4v) is 3.07. The number of carbonyl (C=O) groups is 1. The highest BCUT2D eigenvalue weighted by Gasteiger charge is 2.20. The van der Waals surface area contributed by atoms with Gasteiger partial charge in [0.15, 0.2) is 5.82 Å². The number of nitrogens with one attached hydrogen (secondary N) is 1. The Balaban J connectivity index is 1.64. The Hall–Kier alpha value is -3.94. The van der Waals surface area contributed by atoms with Crippen LogP contribution in [-0.4, -0.2) is 32.6 Å². The van der Waals surface area contributed by atoms with Crippen molar-refractivity contribution in [2.24, 2.45) is 7.05 Å². The maximum atomic E-state index is 14.5. The molecule has 0 unspecified atom stereocenters. The van der Waals surface area contributed by atoms with Crippen molar-refractivity contribution >= 4 is 11.6 Å². The van der Waals surface area contributed by atoms with Gasteiger partial charge < -0.3 is 10.1 Å². The molecule has 8 heteroatoms. The first-order valence-corrected chi connectivity index (χ1v) is 8.85. The number of hydrogen-bond donors (Lipinski definition) is 1. The highest BCUT2D eigenvalue weighted by molar-refractivity contribution is 6.08. The quantitative estimate of drug-likeness (QED) is 0.563. The fourth-order valence-electron chi connectivity index (χ4n) is 3.07. The molecule has 7 nitrogen and oxygen atoms in total. The Bertz CT molecular complexity index is 1170. The van der Waals surface area contributed by atoms with E-state index in [1.165, 1.54) is 10.7 Å². The highest BCUT2D eigenvalue weighted by Crippen LogP contribution is 2.31. The molecule has 0 aliphatic rings. The van der Waals surface area contributed by atoms with E-state index < -0.39 is 11.7 Å². The van der Waals surface area contributed by atoms with Crippen molar-refractivity contribution in [1.29, 1.82) is 0 Å². The molecule has 2 heterocycles. The molecule has 0 atom stereocenters. The van der Waals surface area contributed by atoms with E-state index in [-0.39, 0.29) is 0 Å². The SMILES string of the molecule is COc1ccccc1-c1nn(C)cc1C(=O)Nc1ccc(-n2cccn2)c(F)c1. The van der Waals surface area contributed by atoms with Crippen molar-refractivity contribution in [3.63, 3.8) is 0 Å². The third-order valence-corrected chi connectivity index (χ3v) is 4.39. The van der Waals surface area contributed by atoms with E-state index in [1.54, 1.807) is 61.7 Å². The predicted octanol–water partition coefficient (Wildman–Crippen LogP) is 3.67. The summed E-state index contributed by atoms with van der Waals surface area (Å²) in [6.45, 7) is 0. The summed E-state index contributed by atoms with van der Waals surface area (Å²) in [7, 11) is 3.29. The minimum atomic E-state index is -0.498. The number of halogens is 1. The molecule has 0 radical (unpaired) electrons. The largest absolute Gasteiger partial charge is 0.496 e. The van der Waals surface area contributed by atoms with E-state index in [0.29, 0.717) is 33.9 Å². The zero-order chi connectivity index (χ0) is 20.4. The number of amides is 1. The monoisotopic (exact) mass is 391 g/mol. The Morgan fingerprint density at radius 3 is 2.72 bits per heavy atom. The number of carbonyl (C=O) groups excluding carboxylic acids is 1. The Morgan fingerprint density at radius 2 is 2.00 bits per heavy atom. The van der Waals surface area contributed by atoms with Crippen molar-refractivity contribution in [2.75, 3.05) is 12.4 Å². The topological polar surface area (TPSA) is 74.0 Å². The number of aromatic nitrogens is 4. The molecule has 2 aromatic carbocycles. The molecule has 1 amide bonds. The summed E-state index contributed by atoms with van der Waals surface area (Å²) in [4.78, 5) is 12.9. The predicted molar refractivity (Wildman–Crippen MR) is 107 cm³/mol. The van der Waals surface area contributed by atoms with Crippen LogP contribution in [0.3, 0.4) is 0 Å². The van der Waals surface area contributed by atoms with Crippen LogP contribution in [0.1, 0.15) is 10.4 Å². The van der Waals surface area contributed by atoms with Crippen molar-refractivity contribution in [2.45, 2.75) is 0 Å². The van der Waals surface area contributed by atoms with Crippen LogP contribution in [0, 0.1) is 5.82 Å². The number of ether oxygens (including phenoxy) is 1. The molecule has 1 N–H and O–H groups in total. The van der Waals surface area contributed by atoms with Gasteiger partial charge >= 0.3 is 0 Å². The Labute approximate surface area is 166 Å². The lowest BCUT2D eigenvalue weighted by molar-refractivity contribution is 0.102. The molecule has 0 fully saturated rings. The molecular formula is C21H18FN5O2. The average Bonchev–Trinajstić information content (AvgIpc) is 3.38. The molecule has 0 aliphatic heterocycles. The lowest BCUT2D eigenvalue weighted by Crippen LogP contribution is -2.13. The van der Waals surface area contributed by atoms with Gasteiger partial charge in [-0.2, -0.15) is 10.2 Å². The summed E-state index contributed by atoms with van der Waals surface area (Å²) in [5.74, 6) is -0.289. The average molecular weight is 391 g/mol. The van der Waals surface area contributed by atoms with Gasteiger partial charge in [-0.05, 0) is 36.4 Å². The summed E-state index contributed by atoms with van der Waals surface area (Å²) >= 11 is 0. The van der Waals surface area contributed by atoms with Gasteiger partial charge in [0.2, 0.25) is 0 Å². The molecule has 4 rings (SSSR count). The zero-order valence-corrected chi connectivity index (χ0v) is 15.8. The van der Waals surface area contributed by atoms with Gasteiger partial charge in [-0.1, -0.05) is 12.1 Å². The van der Waals surface area contributed by atoms with E-state index in [9.17, 15) is 9.18 Å². The van der Waals surface area contributed by atoms with Crippen molar-refractivity contribution in [1.82, 2.24) is 19.6 Å². The number of aryl methyl sites for hydroxylation is 1. The molecule has 0 bridgehead atoms. The summed E-state index contributed by atoms with van der Waals surface area (Å²) in [5.41, 5.74) is 2.16. The number of para-hydroxylation sites is 1. The molecule has 0 spiro atoms. The smallest absolute Gasteiger partial charge is 0.259 e. The molecule has 0 aliphatic carbocycles. The number of methoxy groups -OCH3 is 1. The lowest BCUT2D eigenvalue weighted by Gasteiger charge is -2.10. The minimum absolute atomic E-state index is 0.295. The molecule has 0 saturated heterocycles. The number of rotatable bonds is 5. The van der Waals surface area contributed by atoms with E-state index >= 15 is 0 Å². The minimum Gasteiger partial charge on any atom is -0.496 e. The van der Waals surface area contributed by atoms with Crippen LogP contribution in [0.5, 0.6) is 5.75 Å². The van der Waals surface area contributed by atoms with Crippen LogP contribution < -0.4 is 10.1 Å². The second-order valence-corrected chi connectivity index (χ2v) is 6.34. The number of hydrogen-bond acceptors (Lipinski definition) is 4. The summed E-state index contributed by atoms with van der Waals surface area (Å²) in [6, 6.07) is 13.5. The van der Waals surface area contributed by atoms with Crippen LogP contribution in [0.4, 0.5) is 10.1 Å². The Kier molecular flexibility index (Phi) is 4.82. The van der Waals surface area contributed by atoms with Gasteiger partial charge in [-0.3, -0.25) is 9.48 Å². The second-order valence-electron chi connectivity index (χ2n) is 6.34. The number of benzene rings is 2. The summed E-state index contributed by atoms with van der Waals surface area (Å²) in [5, 5.41) is 11.2. The third kappa shape index (κ3) is 3.60. The van der Waals surface area contributed by atoms with E-state index in [4.69, 9.17) is 4.74 Å². The van der Waals surface area contributed by atoms with Gasteiger partial charge in [0.25, 0.3) is 5.91 Å². The first kappa shape index (κ1) is 18.4. The highest BCUT2D eigenvalue weighted by atomic mass is 19.1. The van der Waals surface area contributed by atoms with Gasteiger partial charge in [0, 0.05) is 36.9 Å². The van der Waals surface area contributed by atoms with Gasteiger partial charge in [0.1, 0.15) is 17.1 Å². The molecule has 4 aromatic rings. The molecule has 29 heavy (non-hydrogen) atoms. The normalized spacial score (nSPS) is 10.7. The van der Waals surface area contributed by atoms with Crippen LogP contribution in [0.2, 0.25) is 0 Å². The first-order chi connectivity index (χ1) is 14.1. The maximum Gasteiger partial charge on any atom is 0.259 e. The number of anilines is 1. The van der Waals surface area contributed by atoms with Gasteiger partial charge in [-0.25, -0.2) is 9.07 Å². The van der Waals surface area contributed by atoms with Crippen LogP contribution in [-0.2, 0) is 7.05 Å². The summed E-state index contributed by atoms with van der Waals surface area (Å²) < 4.78 is 22.8. The van der Waals surface area contributed by atoms with Crippen molar-refractivity contribution in [3.8, 4) is 22.7 Å². The standard InChI is InChI=1S/C21H18FN5O2/c1-26-13-16(20(25-26)15-6-3-4-7-19(15)29-2)21(28)24-14-8-9-18(17(22)12-14)27-11-5-10-23-27/h3-13H,1-2H3,(H,24,28). The second kappa shape index (κ2) is 7.59. The van der Waals surface area contributed by atoms with Crippen LogP contribution in [0.15, 0.2) is 67.1 Å². The molecule has 146 valence electrons. The van der Waals surface area contributed by atoms with Gasteiger partial charge in [-0.15, -0.1) is 0 Å². The summed E-state index contributed by atoms with van der Waals surface area (Å²) in [6.07, 6.45) is 4.83. The molecular weight excluding hydrogens is 373 g/mol. The van der Waals surface area contributed by atoms with E-state index in [1.807, 2.05) is 18.2 Å². The maximum absolute atomic E-state index is 14.5. The fraction of sp³-hybridized carbons (Fsp3) is 0.0952. The lowest BCUT2D eigenvalue weighted by atomic mass is 10.1. The van der Waals surface area contributed by atoms with Crippen LogP contribution in [0.25, 0.3) is 16.9 Å². The van der Waals surface area contributed by atoms with Gasteiger partial charge in [0.05, 0.1) is 12.7 Å². The van der Waals surface area contributed by atoms with Crippen LogP contribution >= 0.6 is 0 Å². The Morgan fingerprint density at radius 1 is 1.17 bits per heavy atom. The number of nitrogens with zero attached hydrogens (tertiary/aromatic N) is 4. The third-order valence-electron chi connectivity index (χ3n) is 4.39. The zero-order valence-electron chi connectivity index (χ0n) is 15.8. The van der Waals surface area contributed by atoms with E-state index in [0.717, 1.165) is 0 Å². The molecule has 2 aromatic heterocycles. The van der Waals surface area contributed by atoms with Crippen molar-refractivity contribution in [3.05, 3.63) is 78.5 Å². The van der Waals surface area contributed by atoms with E-state index in [2.05, 4.69) is 15.5 Å². The van der Waals surface area contributed by atoms with Crippen molar-refractivity contribution < 1.29 is 13.9 Å².